The summed E-state index contributed by atoms with van der Waals surface area (Å²) < 4.78 is 2.28. The monoisotopic (exact) mass is 424 g/mol. The number of carbonyl (C=O) groups excluding carboxylic acids is 2. The number of aromatic nitrogens is 2. The van der Waals surface area contributed by atoms with Gasteiger partial charge < -0.3 is 10.6 Å². The van der Waals surface area contributed by atoms with Crippen LogP contribution in [0.1, 0.15) is 60.3 Å². The molecule has 2 amide bonds. The summed E-state index contributed by atoms with van der Waals surface area (Å²) in [6.07, 6.45) is 7.08. The normalized spacial score (nSPS) is 14.6. The van der Waals surface area contributed by atoms with E-state index in [1.54, 1.807) is 35.2 Å². The molecule has 1 aliphatic carbocycles. The van der Waals surface area contributed by atoms with Crippen LogP contribution in [0.4, 0.5) is 11.4 Å². The van der Waals surface area contributed by atoms with E-state index in [0.29, 0.717) is 27.2 Å². The zero-order chi connectivity index (χ0) is 21.3. The predicted molar refractivity (Wildman–Crippen MR) is 119 cm³/mol. The molecule has 4 rings (SSSR count). The second-order valence-corrected chi connectivity index (χ2v) is 8.90. The Labute approximate surface area is 178 Å². The molecule has 1 fully saturated rings. The van der Waals surface area contributed by atoms with Crippen molar-refractivity contribution in [3.63, 3.8) is 0 Å². The Balaban J connectivity index is 1.61. The van der Waals surface area contributed by atoms with Crippen LogP contribution in [0.3, 0.4) is 0 Å². The number of carbonyl (C=O) groups is 2. The Morgan fingerprint density at radius 2 is 1.70 bits per heavy atom. The maximum atomic E-state index is 13.1. The Morgan fingerprint density at radius 3 is 2.33 bits per heavy atom. The van der Waals surface area contributed by atoms with Crippen molar-refractivity contribution in [2.45, 2.75) is 52.0 Å². The number of amides is 2. The molecule has 7 nitrogen and oxygen atoms in total. The van der Waals surface area contributed by atoms with Crippen LogP contribution in [0.5, 0.6) is 0 Å². The van der Waals surface area contributed by atoms with Crippen LogP contribution in [0, 0.1) is 6.92 Å². The lowest BCUT2D eigenvalue weighted by Crippen LogP contribution is -2.26. The minimum Gasteiger partial charge on any atom is -0.326 e. The number of hydrogen-bond donors (Lipinski definition) is 2. The van der Waals surface area contributed by atoms with Crippen LogP contribution >= 0.6 is 11.3 Å². The van der Waals surface area contributed by atoms with Crippen LogP contribution in [0.2, 0.25) is 0 Å². The van der Waals surface area contributed by atoms with Gasteiger partial charge in [0.1, 0.15) is 10.2 Å². The van der Waals surface area contributed by atoms with Gasteiger partial charge in [-0.05, 0) is 44.0 Å². The molecule has 0 radical (unpaired) electrons. The second-order valence-electron chi connectivity index (χ2n) is 7.67. The van der Waals surface area contributed by atoms with Gasteiger partial charge in [0.25, 0.3) is 11.5 Å². The van der Waals surface area contributed by atoms with Crippen LogP contribution in [0.25, 0.3) is 10.2 Å². The van der Waals surface area contributed by atoms with E-state index < -0.39 is 0 Å². The van der Waals surface area contributed by atoms with E-state index in [4.69, 9.17) is 0 Å². The highest BCUT2D eigenvalue weighted by Crippen LogP contribution is 2.30. The van der Waals surface area contributed by atoms with E-state index >= 15 is 0 Å². The zero-order valence-corrected chi connectivity index (χ0v) is 17.8. The maximum Gasteiger partial charge on any atom is 0.271 e. The van der Waals surface area contributed by atoms with Crippen molar-refractivity contribution in [1.29, 1.82) is 0 Å². The van der Waals surface area contributed by atoms with Crippen molar-refractivity contribution in [1.82, 2.24) is 9.55 Å². The summed E-state index contributed by atoms with van der Waals surface area (Å²) in [5.41, 5.74) is 2.10. The van der Waals surface area contributed by atoms with Crippen molar-refractivity contribution < 1.29 is 9.59 Å². The molecule has 30 heavy (non-hydrogen) atoms. The molecule has 2 aromatic heterocycles. The molecule has 0 spiro atoms. The first kappa shape index (κ1) is 20.3. The number of anilines is 2. The van der Waals surface area contributed by atoms with Crippen molar-refractivity contribution in [2.24, 2.45) is 0 Å². The maximum absolute atomic E-state index is 13.1. The summed E-state index contributed by atoms with van der Waals surface area (Å²) in [7, 11) is 0. The van der Waals surface area contributed by atoms with Crippen LogP contribution < -0.4 is 16.2 Å². The highest BCUT2D eigenvalue weighted by molar-refractivity contribution is 7.19. The smallest absolute Gasteiger partial charge is 0.271 e. The molecular formula is C22H24N4O3S. The predicted octanol–water partition coefficient (Wildman–Crippen LogP) is 4.48. The van der Waals surface area contributed by atoms with Gasteiger partial charge in [-0.2, -0.15) is 0 Å². The molecule has 2 heterocycles. The summed E-state index contributed by atoms with van der Waals surface area (Å²) in [5.74, 6) is -0.453. The van der Waals surface area contributed by atoms with Crippen LogP contribution in [-0.2, 0) is 4.79 Å². The van der Waals surface area contributed by atoms with E-state index in [-0.39, 0.29) is 23.4 Å². The van der Waals surface area contributed by atoms with Gasteiger partial charge in [0.2, 0.25) is 5.91 Å². The fraction of sp³-hybridized carbons (Fsp3) is 0.364. The number of rotatable bonds is 4. The molecule has 2 N–H and O–H groups in total. The number of fused-ring (bicyclic) bond motifs is 1. The van der Waals surface area contributed by atoms with Gasteiger partial charge in [0, 0.05) is 29.2 Å². The Morgan fingerprint density at radius 1 is 1.07 bits per heavy atom. The molecule has 1 aromatic carbocycles. The Hall–Kier alpha value is -3.00. The summed E-state index contributed by atoms with van der Waals surface area (Å²) in [4.78, 5) is 42.4. The standard InChI is InChI=1S/C22H24N4O3S/c1-13-18(21(28)25-16-10-8-15(9-11-16)24-14(2)27)19-20(30-13)22(29)26(12-23-19)17-6-4-3-5-7-17/h8-12,17H,3-7H2,1-2H3,(H,24,27)(H,25,28). The third-order valence-electron chi connectivity index (χ3n) is 5.46. The first-order chi connectivity index (χ1) is 14.4. The Kier molecular flexibility index (Phi) is 5.67. The summed E-state index contributed by atoms with van der Waals surface area (Å²) in [6.45, 7) is 3.28. The summed E-state index contributed by atoms with van der Waals surface area (Å²) >= 11 is 1.33. The fourth-order valence-electron chi connectivity index (χ4n) is 4.01. The largest absolute Gasteiger partial charge is 0.326 e. The van der Waals surface area contributed by atoms with Gasteiger partial charge in [0.05, 0.1) is 11.9 Å². The van der Waals surface area contributed by atoms with Gasteiger partial charge in [0.15, 0.2) is 0 Å². The number of nitrogens with zero attached hydrogens (tertiary/aromatic N) is 2. The minimum absolute atomic E-state index is 0.0567. The van der Waals surface area contributed by atoms with Crippen LogP contribution in [0.15, 0.2) is 35.4 Å². The zero-order valence-electron chi connectivity index (χ0n) is 17.0. The van der Waals surface area contributed by atoms with Crippen molar-refractivity contribution in [2.75, 3.05) is 10.6 Å². The molecule has 0 unspecified atom stereocenters. The second kappa shape index (κ2) is 8.39. The quantitative estimate of drug-likeness (QED) is 0.646. The number of benzene rings is 1. The topological polar surface area (TPSA) is 93.1 Å². The molecule has 8 heteroatoms. The summed E-state index contributed by atoms with van der Waals surface area (Å²) in [5, 5.41) is 5.55. The third kappa shape index (κ3) is 4.00. The van der Waals surface area contributed by atoms with Gasteiger partial charge in [-0.3, -0.25) is 19.0 Å². The number of aryl methyl sites for hydroxylation is 1. The van der Waals surface area contributed by atoms with Crippen molar-refractivity contribution in [3.8, 4) is 0 Å². The van der Waals surface area contributed by atoms with Gasteiger partial charge in [-0.15, -0.1) is 11.3 Å². The summed E-state index contributed by atoms with van der Waals surface area (Å²) in [6, 6.07) is 7.07. The van der Waals surface area contributed by atoms with E-state index in [0.717, 1.165) is 30.6 Å². The van der Waals surface area contributed by atoms with Gasteiger partial charge in [-0.1, -0.05) is 19.3 Å². The van der Waals surface area contributed by atoms with Gasteiger partial charge in [-0.25, -0.2) is 4.98 Å². The first-order valence-electron chi connectivity index (χ1n) is 10.1. The lowest BCUT2D eigenvalue weighted by atomic mass is 9.95. The lowest BCUT2D eigenvalue weighted by molar-refractivity contribution is -0.114. The fourth-order valence-corrected chi connectivity index (χ4v) is 5.05. The molecule has 0 bridgehead atoms. The Bertz CT molecular complexity index is 1160. The lowest BCUT2D eigenvalue weighted by Gasteiger charge is -2.23. The van der Waals surface area contributed by atoms with E-state index in [2.05, 4.69) is 15.6 Å². The number of nitrogens with one attached hydrogen (secondary N) is 2. The molecular weight excluding hydrogens is 400 g/mol. The first-order valence-corrected chi connectivity index (χ1v) is 10.9. The number of thiophene rings is 1. The molecule has 0 aliphatic heterocycles. The average Bonchev–Trinajstić information content (AvgIpc) is 3.07. The third-order valence-corrected chi connectivity index (χ3v) is 6.54. The van der Waals surface area contributed by atoms with E-state index in [9.17, 15) is 14.4 Å². The molecule has 3 aromatic rings. The van der Waals surface area contributed by atoms with E-state index in [1.165, 1.54) is 24.7 Å². The SMILES string of the molecule is CC(=O)Nc1ccc(NC(=O)c2c(C)sc3c(=O)n(C4CCCCC4)cnc23)cc1. The highest BCUT2D eigenvalue weighted by atomic mass is 32.1. The van der Waals surface area contributed by atoms with Gasteiger partial charge >= 0.3 is 0 Å². The molecule has 156 valence electrons. The average molecular weight is 425 g/mol. The highest BCUT2D eigenvalue weighted by Gasteiger charge is 2.23. The van der Waals surface area contributed by atoms with E-state index in [1.807, 2.05) is 6.92 Å². The van der Waals surface area contributed by atoms with Crippen LogP contribution in [-0.4, -0.2) is 21.4 Å². The molecule has 1 saturated carbocycles. The number of hydrogen-bond acceptors (Lipinski definition) is 5. The van der Waals surface area contributed by atoms with Crippen molar-refractivity contribution >= 4 is 44.7 Å². The molecule has 0 saturated heterocycles. The molecule has 0 atom stereocenters. The minimum atomic E-state index is -0.298. The molecule has 1 aliphatic rings. The van der Waals surface area contributed by atoms with Crippen molar-refractivity contribution in [3.05, 3.63) is 51.4 Å².